The minimum absolute atomic E-state index is 0.333. The van der Waals surface area contributed by atoms with Gasteiger partial charge in [-0.15, -0.1) is 0 Å². The van der Waals surface area contributed by atoms with Crippen molar-refractivity contribution in [2.75, 3.05) is 7.11 Å². The predicted molar refractivity (Wildman–Crippen MR) is 67.5 cm³/mol. The SMILES string of the molecule is COC(=O)C(C)C1(O)CC(C)CCC1=C(C)C. The highest BCUT2D eigenvalue weighted by Crippen LogP contribution is 2.43. The maximum Gasteiger partial charge on any atom is 0.311 e. The van der Waals surface area contributed by atoms with Gasteiger partial charge in [-0.25, -0.2) is 0 Å². The van der Waals surface area contributed by atoms with Crippen LogP contribution in [0.2, 0.25) is 0 Å². The Bertz CT molecular complexity index is 328. The number of rotatable bonds is 2. The molecule has 3 nitrogen and oxygen atoms in total. The second kappa shape index (κ2) is 5.21. The fourth-order valence-electron chi connectivity index (χ4n) is 2.86. The van der Waals surface area contributed by atoms with E-state index in [1.807, 2.05) is 13.8 Å². The van der Waals surface area contributed by atoms with E-state index >= 15 is 0 Å². The van der Waals surface area contributed by atoms with Crippen molar-refractivity contribution in [3.63, 3.8) is 0 Å². The minimum Gasteiger partial charge on any atom is -0.469 e. The molecule has 1 rings (SSSR count). The number of ether oxygens (including phenoxy) is 1. The molecule has 0 aromatic rings. The van der Waals surface area contributed by atoms with E-state index in [0.717, 1.165) is 24.0 Å². The first-order valence-electron chi connectivity index (χ1n) is 6.30. The van der Waals surface area contributed by atoms with E-state index in [-0.39, 0.29) is 5.97 Å². The molecule has 0 aromatic heterocycles. The minimum atomic E-state index is -1.02. The van der Waals surface area contributed by atoms with Gasteiger partial charge in [0.25, 0.3) is 0 Å². The van der Waals surface area contributed by atoms with E-state index in [1.165, 1.54) is 7.11 Å². The summed E-state index contributed by atoms with van der Waals surface area (Å²) in [5, 5.41) is 10.9. The highest BCUT2D eigenvalue weighted by molar-refractivity contribution is 5.74. The smallest absolute Gasteiger partial charge is 0.311 e. The maximum atomic E-state index is 11.7. The van der Waals surface area contributed by atoms with E-state index < -0.39 is 11.5 Å². The lowest BCUT2D eigenvalue weighted by Gasteiger charge is -2.42. The summed E-state index contributed by atoms with van der Waals surface area (Å²) in [6.45, 7) is 7.88. The van der Waals surface area contributed by atoms with Crippen molar-refractivity contribution in [3.8, 4) is 0 Å². The van der Waals surface area contributed by atoms with E-state index in [9.17, 15) is 9.90 Å². The molecule has 3 atom stereocenters. The molecule has 1 aliphatic carbocycles. The number of hydrogen-bond donors (Lipinski definition) is 1. The first kappa shape index (κ1) is 14.2. The second-order valence-corrected chi connectivity index (χ2v) is 5.50. The van der Waals surface area contributed by atoms with Gasteiger partial charge in [-0.2, -0.15) is 0 Å². The average Bonchev–Trinajstić information content (AvgIpc) is 2.26. The summed E-state index contributed by atoms with van der Waals surface area (Å²) in [6.07, 6.45) is 2.60. The Morgan fingerprint density at radius 3 is 2.59 bits per heavy atom. The predicted octanol–water partition coefficient (Wildman–Crippen LogP) is 2.68. The van der Waals surface area contributed by atoms with Crippen molar-refractivity contribution in [3.05, 3.63) is 11.1 Å². The molecule has 3 heteroatoms. The summed E-state index contributed by atoms with van der Waals surface area (Å²) in [6, 6.07) is 0. The Labute approximate surface area is 104 Å². The lowest BCUT2D eigenvalue weighted by Crippen LogP contribution is -2.47. The van der Waals surface area contributed by atoms with Crippen molar-refractivity contribution >= 4 is 5.97 Å². The van der Waals surface area contributed by atoms with E-state index in [2.05, 4.69) is 6.92 Å². The van der Waals surface area contributed by atoms with Crippen molar-refractivity contribution in [2.45, 2.75) is 52.6 Å². The van der Waals surface area contributed by atoms with Gasteiger partial charge in [-0.1, -0.05) is 12.5 Å². The molecule has 0 amide bonds. The number of allylic oxidation sites excluding steroid dienone is 1. The maximum absolute atomic E-state index is 11.7. The number of carbonyl (C=O) groups is 1. The second-order valence-electron chi connectivity index (χ2n) is 5.50. The van der Waals surface area contributed by atoms with E-state index in [1.54, 1.807) is 6.92 Å². The number of hydrogen-bond acceptors (Lipinski definition) is 3. The molecule has 0 heterocycles. The molecule has 3 unspecified atom stereocenters. The van der Waals surface area contributed by atoms with Gasteiger partial charge < -0.3 is 9.84 Å². The van der Waals surface area contributed by atoms with Crippen LogP contribution in [0, 0.1) is 11.8 Å². The van der Waals surface area contributed by atoms with E-state index in [0.29, 0.717) is 12.3 Å². The molecule has 17 heavy (non-hydrogen) atoms. The number of methoxy groups -OCH3 is 1. The van der Waals surface area contributed by atoms with Crippen LogP contribution in [0.15, 0.2) is 11.1 Å². The summed E-state index contributed by atoms with van der Waals surface area (Å²) in [5.74, 6) is -0.393. The molecular weight excluding hydrogens is 216 g/mol. The topological polar surface area (TPSA) is 46.5 Å². The molecule has 1 aliphatic rings. The van der Waals surface area contributed by atoms with Crippen LogP contribution in [0.3, 0.4) is 0 Å². The first-order valence-corrected chi connectivity index (χ1v) is 6.30. The van der Waals surface area contributed by atoms with Crippen LogP contribution in [0.25, 0.3) is 0 Å². The molecule has 0 radical (unpaired) electrons. The third-order valence-electron chi connectivity index (χ3n) is 3.94. The summed E-state index contributed by atoms with van der Waals surface area (Å²) in [7, 11) is 1.37. The molecule has 0 aromatic carbocycles. The Morgan fingerprint density at radius 2 is 2.12 bits per heavy atom. The van der Waals surface area contributed by atoms with Crippen molar-refractivity contribution < 1.29 is 14.6 Å². The summed E-state index contributed by atoms with van der Waals surface area (Å²) < 4.78 is 4.77. The third kappa shape index (κ3) is 2.71. The van der Waals surface area contributed by atoms with Gasteiger partial charge in [0.05, 0.1) is 18.6 Å². The molecule has 1 N–H and O–H groups in total. The van der Waals surface area contributed by atoms with Crippen LogP contribution in [0.5, 0.6) is 0 Å². The number of esters is 1. The molecule has 98 valence electrons. The third-order valence-corrected chi connectivity index (χ3v) is 3.94. The molecule has 0 aliphatic heterocycles. The zero-order chi connectivity index (χ0) is 13.2. The van der Waals surface area contributed by atoms with Gasteiger partial charge in [-0.3, -0.25) is 4.79 Å². The average molecular weight is 240 g/mol. The lowest BCUT2D eigenvalue weighted by molar-refractivity contribution is -0.154. The Balaban J connectivity index is 3.10. The van der Waals surface area contributed by atoms with Crippen molar-refractivity contribution in [1.82, 2.24) is 0 Å². The summed E-state index contributed by atoms with van der Waals surface area (Å²) in [5.41, 5.74) is 1.12. The van der Waals surface area contributed by atoms with Crippen LogP contribution in [0.4, 0.5) is 0 Å². The Hall–Kier alpha value is -0.830. The zero-order valence-corrected chi connectivity index (χ0v) is 11.5. The normalized spacial score (nSPS) is 30.9. The Kier molecular flexibility index (Phi) is 4.36. The van der Waals surface area contributed by atoms with Crippen LogP contribution in [-0.2, 0) is 9.53 Å². The van der Waals surface area contributed by atoms with Crippen LogP contribution in [-0.4, -0.2) is 23.8 Å². The molecular formula is C14H24O3. The lowest BCUT2D eigenvalue weighted by atomic mass is 9.68. The standard InChI is InChI=1S/C14H24O3/c1-9(2)12-7-6-10(3)8-14(12,16)11(4)13(15)17-5/h10-11,16H,6-8H2,1-5H3. The molecule has 0 bridgehead atoms. The van der Waals surface area contributed by atoms with Gasteiger partial charge in [0, 0.05) is 0 Å². The number of aliphatic hydroxyl groups is 1. The fraction of sp³-hybridized carbons (Fsp3) is 0.786. The van der Waals surface area contributed by atoms with Crippen LogP contribution < -0.4 is 0 Å². The van der Waals surface area contributed by atoms with Gasteiger partial charge in [-0.05, 0) is 51.5 Å². The van der Waals surface area contributed by atoms with Gasteiger partial charge in [0.15, 0.2) is 0 Å². The molecule has 0 spiro atoms. The van der Waals surface area contributed by atoms with E-state index in [4.69, 9.17) is 4.74 Å². The highest BCUT2D eigenvalue weighted by atomic mass is 16.5. The monoisotopic (exact) mass is 240 g/mol. The van der Waals surface area contributed by atoms with Crippen molar-refractivity contribution in [2.24, 2.45) is 11.8 Å². The largest absolute Gasteiger partial charge is 0.469 e. The summed E-state index contributed by atoms with van der Waals surface area (Å²) >= 11 is 0. The highest BCUT2D eigenvalue weighted by Gasteiger charge is 2.45. The Morgan fingerprint density at radius 1 is 1.53 bits per heavy atom. The molecule has 1 fully saturated rings. The van der Waals surface area contributed by atoms with Gasteiger partial charge >= 0.3 is 5.97 Å². The number of carbonyl (C=O) groups excluding carboxylic acids is 1. The zero-order valence-electron chi connectivity index (χ0n) is 11.5. The van der Waals surface area contributed by atoms with Crippen LogP contribution in [0.1, 0.15) is 47.0 Å². The molecule has 0 saturated heterocycles. The van der Waals surface area contributed by atoms with Gasteiger partial charge in [0.1, 0.15) is 0 Å². The van der Waals surface area contributed by atoms with Crippen molar-refractivity contribution in [1.29, 1.82) is 0 Å². The summed E-state index contributed by atoms with van der Waals surface area (Å²) in [4.78, 5) is 11.7. The van der Waals surface area contributed by atoms with Gasteiger partial charge in [0.2, 0.25) is 0 Å². The molecule has 1 saturated carbocycles. The fourth-order valence-corrected chi connectivity index (χ4v) is 2.86. The van der Waals surface area contributed by atoms with Crippen LogP contribution >= 0.6 is 0 Å². The first-order chi connectivity index (χ1) is 7.82. The quantitative estimate of drug-likeness (QED) is 0.596.